The highest BCUT2D eigenvalue weighted by atomic mass is 16.5. The van der Waals surface area contributed by atoms with Crippen molar-refractivity contribution >= 4 is 0 Å². The van der Waals surface area contributed by atoms with E-state index in [1.807, 2.05) is 20.8 Å². The molecule has 0 amide bonds. The Morgan fingerprint density at radius 3 is 2.67 bits per heavy atom. The van der Waals surface area contributed by atoms with Gasteiger partial charge in [-0.2, -0.15) is 0 Å². The molecule has 70 valence electrons. The van der Waals surface area contributed by atoms with Crippen LogP contribution in [0.15, 0.2) is 0 Å². The SMILES string of the molecule is C#CC(C)(C)COCC(C)NN. The van der Waals surface area contributed by atoms with Crippen LogP contribution in [0.4, 0.5) is 0 Å². The van der Waals surface area contributed by atoms with Gasteiger partial charge in [0.05, 0.1) is 13.2 Å². The van der Waals surface area contributed by atoms with Gasteiger partial charge in [-0.15, -0.1) is 6.42 Å². The van der Waals surface area contributed by atoms with Gasteiger partial charge in [0.15, 0.2) is 0 Å². The average molecular weight is 170 g/mol. The summed E-state index contributed by atoms with van der Waals surface area (Å²) in [4.78, 5) is 0. The first kappa shape index (κ1) is 11.4. The van der Waals surface area contributed by atoms with Crippen molar-refractivity contribution in [3.05, 3.63) is 0 Å². The van der Waals surface area contributed by atoms with E-state index < -0.39 is 0 Å². The predicted octanol–water partition coefficient (Wildman–Crippen LogP) is 0.514. The number of hydrogen-bond donors (Lipinski definition) is 2. The molecule has 0 radical (unpaired) electrons. The fourth-order valence-electron chi connectivity index (χ4n) is 0.581. The van der Waals surface area contributed by atoms with Crippen molar-refractivity contribution in [1.29, 1.82) is 0 Å². The molecule has 1 atom stereocenters. The molecule has 1 unspecified atom stereocenters. The second-order valence-electron chi connectivity index (χ2n) is 3.61. The first-order valence-electron chi connectivity index (χ1n) is 4.03. The summed E-state index contributed by atoms with van der Waals surface area (Å²) < 4.78 is 5.36. The number of terminal acetylenes is 1. The summed E-state index contributed by atoms with van der Waals surface area (Å²) in [5, 5.41) is 0. The van der Waals surface area contributed by atoms with Gasteiger partial charge >= 0.3 is 0 Å². The highest BCUT2D eigenvalue weighted by molar-refractivity contribution is 5.00. The van der Waals surface area contributed by atoms with Gasteiger partial charge in [0.1, 0.15) is 0 Å². The Hall–Kier alpha value is -0.560. The number of rotatable bonds is 5. The normalized spacial score (nSPS) is 13.9. The molecule has 0 aromatic carbocycles. The number of nitrogens with one attached hydrogen (secondary N) is 1. The second-order valence-corrected chi connectivity index (χ2v) is 3.61. The van der Waals surface area contributed by atoms with Crippen LogP contribution >= 0.6 is 0 Å². The van der Waals surface area contributed by atoms with Crippen molar-refractivity contribution in [3.63, 3.8) is 0 Å². The average Bonchev–Trinajstić information content (AvgIpc) is 2.04. The molecule has 0 bridgehead atoms. The van der Waals surface area contributed by atoms with E-state index in [9.17, 15) is 0 Å². The van der Waals surface area contributed by atoms with Crippen molar-refractivity contribution < 1.29 is 4.74 Å². The van der Waals surface area contributed by atoms with E-state index >= 15 is 0 Å². The highest BCUT2D eigenvalue weighted by Crippen LogP contribution is 2.12. The largest absolute Gasteiger partial charge is 0.378 e. The van der Waals surface area contributed by atoms with E-state index in [1.54, 1.807) is 0 Å². The number of hydrazine groups is 1. The standard InChI is InChI=1S/C9H18N2O/c1-5-9(3,4)7-12-6-8(2)11-10/h1,8,11H,6-7,10H2,2-4H3. The smallest absolute Gasteiger partial charge is 0.0631 e. The summed E-state index contributed by atoms with van der Waals surface area (Å²) in [6.45, 7) is 7.03. The van der Waals surface area contributed by atoms with Crippen LogP contribution in [0, 0.1) is 17.8 Å². The lowest BCUT2D eigenvalue weighted by molar-refractivity contribution is 0.0739. The fraction of sp³-hybridized carbons (Fsp3) is 0.778. The van der Waals surface area contributed by atoms with Crippen molar-refractivity contribution in [2.45, 2.75) is 26.8 Å². The lowest BCUT2D eigenvalue weighted by Gasteiger charge is -2.18. The molecule has 3 nitrogen and oxygen atoms in total. The van der Waals surface area contributed by atoms with Crippen LogP contribution in [0.25, 0.3) is 0 Å². The van der Waals surface area contributed by atoms with Crippen molar-refractivity contribution in [2.24, 2.45) is 11.3 Å². The topological polar surface area (TPSA) is 47.3 Å². The van der Waals surface area contributed by atoms with Crippen LogP contribution < -0.4 is 11.3 Å². The van der Waals surface area contributed by atoms with E-state index in [0.29, 0.717) is 13.2 Å². The third kappa shape index (κ3) is 5.14. The Morgan fingerprint density at radius 2 is 2.25 bits per heavy atom. The molecule has 12 heavy (non-hydrogen) atoms. The highest BCUT2D eigenvalue weighted by Gasteiger charge is 2.14. The Bertz CT molecular complexity index is 160. The fourth-order valence-corrected chi connectivity index (χ4v) is 0.581. The minimum Gasteiger partial charge on any atom is -0.378 e. The van der Waals surface area contributed by atoms with Crippen molar-refractivity contribution in [3.8, 4) is 12.3 Å². The zero-order chi connectivity index (χ0) is 9.61. The molecule has 0 aromatic heterocycles. The van der Waals surface area contributed by atoms with Crippen LogP contribution in [0.3, 0.4) is 0 Å². The maximum Gasteiger partial charge on any atom is 0.0631 e. The van der Waals surface area contributed by atoms with Crippen molar-refractivity contribution in [1.82, 2.24) is 5.43 Å². The maximum absolute atomic E-state index is 5.36. The third-order valence-electron chi connectivity index (χ3n) is 1.51. The monoisotopic (exact) mass is 170 g/mol. The summed E-state index contributed by atoms with van der Waals surface area (Å²) >= 11 is 0. The lowest BCUT2D eigenvalue weighted by Crippen LogP contribution is -2.36. The molecule has 0 spiro atoms. The maximum atomic E-state index is 5.36. The Kier molecular flexibility index (Phi) is 4.91. The minimum atomic E-state index is -0.186. The summed E-state index contributed by atoms with van der Waals surface area (Å²) in [6.07, 6.45) is 5.29. The summed E-state index contributed by atoms with van der Waals surface area (Å²) in [6, 6.07) is 0.165. The summed E-state index contributed by atoms with van der Waals surface area (Å²) in [5.74, 6) is 7.84. The number of nitrogens with two attached hydrogens (primary N) is 1. The van der Waals surface area contributed by atoms with Gasteiger partial charge in [0, 0.05) is 11.5 Å². The lowest BCUT2D eigenvalue weighted by atomic mass is 9.97. The van der Waals surface area contributed by atoms with Crippen LogP contribution in [0.1, 0.15) is 20.8 Å². The Morgan fingerprint density at radius 1 is 1.67 bits per heavy atom. The van der Waals surface area contributed by atoms with Gasteiger partial charge in [0.2, 0.25) is 0 Å². The van der Waals surface area contributed by atoms with Gasteiger partial charge in [-0.05, 0) is 20.8 Å². The molecule has 0 rings (SSSR count). The van der Waals surface area contributed by atoms with Crippen LogP contribution in [0.5, 0.6) is 0 Å². The summed E-state index contributed by atoms with van der Waals surface area (Å²) in [7, 11) is 0. The van der Waals surface area contributed by atoms with Gasteiger partial charge in [-0.25, -0.2) is 0 Å². The molecular weight excluding hydrogens is 152 g/mol. The van der Waals surface area contributed by atoms with E-state index in [1.165, 1.54) is 0 Å². The Labute approximate surface area is 74.6 Å². The Balaban J connectivity index is 3.51. The van der Waals surface area contributed by atoms with Gasteiger partial charge in [-0.1, -0.05) is 5.92 Å². The molecular formula is C9H18N2O. The molecule has 0 aliphatic rings. The van der Waals surface area contributed by atoms with E-state index in [0.717, 1.165) is 0 Å². The van der Waals surface area contributed by atoms with Crippen molar-refractivity contribution in [2.75, 3.05) is 13.2 Å². The third-order valence-corrected chi connectivity index (χ3v) is 1.51. The number of ether oxygens (including phenoxy) is 1. The zero-order valence-corrected chi connectivity index (χ0v) is 8.05. The van der Waals surface area contributed by atoms with Gasteiger partial charge < -0.3 is 4.74 Å². The second kappa shape index (κ2) is 5.15. The van der Waals surface area contributed by atoms with E-state index in [4.69, 9.17) is 17.0 Å². The predicted molar refractivity (Wildman–Crippen MR) is 50.2 cm³/mol. The molecule has 0 heterocycles. The molecule has 0 aliphatic carbocycles. The van der Waals surface area contributed by atoms with Gasteiger partial charge in [-0.3, -0.25) is 11.3 Å². The first-order chi connectivity index (χ1) is 5.52. The molecule has 0 fully saturated rings. The van der Waals surface area contributed by atoms with Crippen LogP contribution in [-0.4, -0.2) is 19.3 Å². The van der Waals surface area contributed by atoms with Crippen LogP contribution in [-0.2, 0) is 4.74 Å². The van der Waals surface area contributed by atoms with Crippen LogP contribution in [0.2, 0.25) is 0 Å². The minimum absolute atomic E-state index is 0.165. The zero-order valence-electron chi connectivity index (χ0n) is 8.05. The molecule has 3 heteroatoms. The van der Waals surface area contributed by atoms with E-state index in [-0.39, 0.29) is 11.5 Å². The van der Waals surface area contributed by atoms with E-state index in [2.05, 4.69) is 11.3 Å². The molecule has 0 aromatic rings. The number of hydrogen-bond acceptors (Lipinski definition) is 3. The molecule has 0 saturated heterocycles. The van der Waals surface area contributed by atoms with Gasteiger partial charge in [0.25, 0.3) is 0 Å². The molecule has 3 N–H and O–H groups in total. The first-order valence-corrected chi connectivity index (χ1v) is 4.03. The molecule has 0 aliphatic heterocycles. The quantitative estimate of drug-likeness (QED) is 0.359. The summed E-state index contributed by atoms with van der Waals surface area (Å²) in [5.41, 5.74) is 2.41. The molecule has 0 saturated carbocycles.